The van der Waals surface area contributed by atoms with Gasteiger partial charge in [0.2, 0.25) is 0 Å². The van der Waals surface area contributed by atoms with Crippen LogP contribution in [0.15, 0.2) is 48.5 Å². The van der Waals surface area contributed by atoms with Gasteiger partial charge >= 0.3 is 0 Å². The molecule has 0 unspecified atom stereocenters. The Morgan fingerprint density at radius 3 is 2.17 bits per heavy atom. The molecule has 94 valence electrons. The Hall–Kier alpha value is -1.10. The van der Waals surface area contributed by atoms with Gasteiger partial charge < -0.3 is 4.90 Å². The summed E-state index contributed by atoms with van der Waals surface area (Å²) in [4.78, 5) is 2.22. The van der Waals surface area contributed by atoms with Crippen LogP contribution in [0.5, 0.6) is 0 Å². The van der Waals surface area contributed by atoms with Gasteiger partial charge in [-0.3, -0.25) is 0 Å². The molecule has 0 amide bonds. The molecule has 0 heterocycles. The van der Waals surface area contributed by atoms with Crippen LogP contribution in [0.2, 0.25) is 0 Å². The summed E-state index contributed by atoms with van der Waals surface area (Å²) in [6.07, 6.45) is 0. The first kappa shape index (κ1) is 13.3. The lowest BCUT2D eigenvalue weighted by atomic mass is 10.2. The molecule has 0 bridgehead atoms. The van der Waals surface area contributed by atoms with Crippen molar-refractivity contribution in [1.29, 1.82) is 0 Å². The van der Waals surface area contributed by atoms with Gasteiger partial charge in [-0.25, -0.2) is 4.39 Å². The summed E-state index contributed by atoms with van der Waals surface area (Å²) < 4.78 is 14.1. The molecule has 0 aliphatic heterocycles. The minimum atomic E-state index is -0.191. The Labute approximate surface area is 121 Å². The van der Waals surface area contributed by atoms with E-state index in [9.17, 15) is 4.39 Å². The molecule has 0 aliphatic carbocycles. The van der Waals surface area contributed by atoms with Crippen molar-refractivity contribution >= 4 is 28.3 Å². The van der Waals surface area contributed by atoms with Gasteiger partial charge in [0, 0.05) is 22.3 Å². The standard InChI is InChI=1S/C15H15FIN/c1-2-18(15-9-5-13(16)6-10-15)11-12-3-7-14(17)8-4-12/h3-10H,2,11H2,1H3. The summed E-state index contributed by atoms with van der Waals surface area (Å²) in [5.74, 6) is -0.191. The molecule has 0 radical (unpaired) electrons. The molecule has 0 saturated carbocycles. The fourth-order valence-electron chi connectivity index (χ4n) is 1.85. The zero-order valence-electron chi connectivity index (χ0n) is 10.2. The second-order valence-corrected chi connectivity index (χ2v) is 5.36. The first-order chi connectivity index (χ1) is 8.69. The Morgan fingerprint density at radius 2 is 1.61 bits per heavy atom. The van der Waals surface area contributed by atoms with Crippen molar-refractivity contribution in [3.8, 4) is 0 Å². The Balaban J connectivity index is 2.14. The SMILES string of the molecule is CCN(Cc1ccc(I)cc1)c1ccc(F)cc1. The molecule has 0 fully saturated rings. The van der Waals surface area contributed by atoms with Crippen LogP contribution in [0, 0.1) is 9.39 Å². The summed E-state index contributed by atoms with van der Waals surface area (Å²) >= 11 is 2.30. The monoisotopic (exact) mass is 355 g/mol. The highest BCUT2D eigenvalue weighted by atomic mass is 127. The summed E-state index contributed by atoms with van der Waals surface area (Å²) in [5.41, 5.74) is 2.32. The summed E-state index contributed by atoms with van der Waals surface area (Å²) in [6.45, 7) is 3.85. The largest absolute Gasteiger partial charge is 0.367 e. The minimum absolute atomic E-state index is 0.191. The average Bonchev–Trinajstić information content (AvgIpc) is 2.39. The minimum Gasteiger partial charge on any atom is -0.367 e. The molecule has 0 spiro atoms. The molecule has 2 aromatic rings. The van der Waals surface area contributed by atoms with E-state index in [1.165, 1.54) is 21.3 Å². The molecule has 0 aromatic heterocycles. The summed E-state index contributed by atoms with van der Waals surface area (Å²) in [7, 11) is 0. The zero-order valence-corrected chi connectivity index (χ0v) is 12.4. The van der Waals surface area contributed by atoms with Gasteiger partial charge in [0.25, 0.3) is 0 Å². The van der Waals surface area contributed by atoms with Crippen LogP contribution in [-0.4, -0.2) is 6.54 Å². The number of hydrogen-bond donors (Lipinski definition) is 0. The number of nitrogens with zero attached hydrogens (tertiary/aromatic N) is 1. The van der Waals surface area contributed by atoms with E-state index in [4.69, 9.17) is 0 Å². The lowest BCUT2D eigenvalue weighted by molar-refractivity contribution is 0.627. The van der Waals surface area contributed by atoms with E-state index >= 15 is 0 Å². The molecule has 3 heteroatoms. The van der Waals surface area contributed by atoms with Crippen molar-refractivity contribution in [3.63, 3.8) is 0 Å². The van der Waals surface area contributed by atoms with Crippen molar-refractivity contribution in [3.05, 3.63) is 63.5 Å². The van der Waals surface area contributed by atoms with Crippen molar-refractivity contribution in [2.45, 2.75) is 13.5 Å². The van der Waals surface area contributed by atoms with Gasteiger partial charge in [-0.1, -0.05) is 12.1 Å². The van der Waals surface area contributed by atoms with Crippen LogP contribution < -0.4 is 4.90 Å². The smallest absolute Gasteiger partial charge is 0.123 e. The van der Waals surface area contributed by atoms with Gasteiger partial charge in [0.15, 0.2) is 0 Å². The maximum absolute atomic E-state index is 12.9. The highest BCUT2D eigenvalue weighted by molar-refractivity contribution is 14.1. The summed E-state index contributed by atoms with van der Waals surface area (Å²) in [5, 5.41) is 0. The van der Waals surface area contributed by atoms with E-state index in [2.05, 4.69) is 58.7 Å². The van der Waals surface area contributed by atoms with E-state index in [1.807, 2.05) is 12.1 Å². The van der Waals surface area contributed by atoms with Gasteiger partial charge in [0.05, 0.1) is 0 Å². The van der Waals surface area contributed by atoms with Gasteiger partial charge in [0.1, 0.15) is 5.82 Å². The second-order valence-electron chi connectivity index (χ2n) is 4.12. The van der Waals surface area contributed by atoms with E-state index < -0.39 is 0 Å². The number of benzene rings is 2. The maximum Gasteiger partial charge on any atom is 0.123 e. The molecule has 0 atom stereocenters. The topological polar surface area (TPSA) is 3.24 Å². The highest BCUT2D eigenvalue weighted by Gasteiger charge is 2.05. The normalized spacial score (nSPS) is 10.4. The predicted molar refractivity (Wildman–Crippen MR) is 82.3 cm³/mol. The average molecular weight is 355 g/mol. The third-order valence-corrected chi connectivity index (χ3v) is 3.58. The third kappa shape index (κ3) is 3.45. The Morgan fingerprint density at radius 1 is 1.00 bits per heavy atom. The fraction of sp³-hybridized carbons (Fsp3) is 0.200. The molecule has 2 rings (SSSR count). The molecular formula is C15H15FIN. The van der Waals surface area contributed by atoms with Crippen molar-refractivity contribution in [1.82, 2.24) is 0 Å². The van der Waals surface area contributed by atoms with Crippen LogP contribution in [0.25, 0.3) is 0 Å². The highest BCUT2D eigenvalue weighted by Crippen LogP contribution is 2.18. The molecule has 2 aromatic carbocycles. The number of rotatable bonds is 4. The van der Waals surface area contributed by atoms with Crippen molar-refractivity contribution in [2.24, 2.45) is 0 Å². The van der Waals surface area contributed by atoms with Crippen molar-refractivity contribution in [2.75, 3.05) is 11.4 Å². The van der Waals surface area contributed by atoms with Crippen LogP contribution in [0.3, 0.4) is 0 Å². The third-order valence-electron chi connectivity index (χ3n) is 2.86. The van der Waals surface area contributed by atoms with E-state index in [1.54, 1.807) is 0 Å². The first-order valence-corrected chi connectivity index (χ1v) is 7.02. The summed E-state index contributed by atoms with van der Waals surface area (Å²) in [6, 6.07) is 15.1. The van der Waals surface area contributed by atoms with Crippen LogP contribution in [0.1, 0.15) is 12.5 Å². The number of anilines is 1. The number of halogens is 2. The second kappa shape index (κ2) is 6.18. The van der Waals surface area contributed by atoms with E-state index in [0.29, 0.717) is 0 Å². The van der Waals surface area contributed by atoms with Gasteiger partial charge in [-0.05, 0) is 71.5 Å². The fourth-order valence-corrected chi connectivity index (χ4v) is 2.21. The number of hydrogen-bond acceptors (Lipinski definition) is 1. The Bertz CT molecular complexity index is 493. The lowest BCUT2D eigenvalue weighted by Gasteiger charge is -2.23. The quantitative estimate of drug-likeness (QED) is 0.733. The molecule has 18 heavy (non-hydrogen) atoms. The molecule has 0 aliphatic rings. The van der Waals surface area contributed by atoms with Gasteiger partial charge in [-0.15, -0.1) is 0 Å². The molecule has 1 nitrogen and oxygen atoms in total. The molecule has 0 N–H and O–H groups in total. The van der Waals surface area contributed by atoms with E-state index in [0.717, 1.165) is 18.8 Å². The predicted octanol–water partition coefficient (Wildman–Crippen LogP) is 4.46. The lowest BCUT2D eigenvalue weighted by Crippen LogP contribution is -2.21. The van der Waals surface area contributed by atoms with Crippen molar-refractivity contribution < 1.29 is 4.39 Å². The molecular weight excluding hydrogens is 340 g/mol. The maximum atomic E-state index is 12.9. The first-order valence-electron chi connectivity index (χ1n) is 5.94. The van der Waals surface area contributed by atoms with Crippen LogP contribution >= 0.6 is 22.6 Å². The van der Waals surface area contributed by atoms with Gasteiger partial charge in [-0.2, -0.15) is 0 Å². The van der Waals surface area contributed by atoms with E-state index in [-0.39, 0.29) is 5.82 Å². The Kier molecular flexibility index (Phi) is 4.58. The van der Waals surface area contributed by atoms with Crippen LogP contribution in [-0.2, 0) is 6.54 Å². The zero-order chi connectivity index (χ0) is 13.0. The van der Waals surface area contributed by atoms with Crippen LogP contribution in [0.4, 0.5) is 10.1 Å². The molecule has 0 saturated heterocycles.